The first-order valence-corrected chi connectivity index (χ1v) is 12.7. The smallest absolute Gasteiger partial charge is 0.246 e. The molecular formula is C25H30N2O4S. The Balaban J connectivity index is 1.29. The number of likely N-dealkylation sites (tertiary alicyclic amines) is 1. The van der Waals surface area contributed by atoms with E-state index in [0.717, 1.165) is 37.9 Å². The van der Waals surface area contributed by atoms with Crippen LogP contribution in [0.3, 0.4) is 0 Å². The highest BCUT2D eigenvalue weighted by Crippen LogP contribution is 2.22. The third-order valence-electron chi connectivity index (χ3n) is 6.20. The number of ether oxygens (including phenoxy) is 1. The van der Waals surface area contributed by atoms with Gasteiger partial charge >= 0.3 is 0 Å². The van der Waals surface area contributed by atoms with Gasteiger partial charge in [0.1, 0.15) is 0 Å². The number of benzene rings is 2. The lowest BCUT2D eigenvalue weighted by Gasteiger charge is -2.31. The Morgan fingerprint density at radius 2 is 1.59 bits per heavy atom. The molecular weight excluding hydrogens is 424 g/mol. The Bertz CT molecular complexity index is 1020. The minimum absolute atomic E-state index is 0.00757. The number of morpholine rings is 1. The van der Waals surface area contributed by atoms with Crippen LogP contribution in [0.2, 0.25) is 0 Å². The highest BCUT2D eigenvalue weighted by atomic mass is 32.2. The van der Waals surface area contributed by atoms with E-state index in [1.165, 1.54) is 9.87 Å². The second kappa shape index (κ2) is 10.4. The van der Waals surface area contributed by atoms with E-state index >= 15 is 0 Å². The van der Waals surface area contributed by atoms with E-state index < -0.39 is 10.0 Å². The summed E-state index contributed by atoms with van der Waals surface area (Å²) >= 11 is 0. The fraction of sp³-hybridized carbons (Fsp3) is 0.400. The van der Waals surface area contributed by atoms with E-state index in [9.17, 15) is 13.2 Å². The first-order chi connectivity index (χ1) is 15.5. The normalized spacial score (nSPS) is 18.8. The lowest BCUT2D eigenvalue weighted by molar-refractivity contribution is -0.127. The molecule has 170 valence electrons. The SMILES string of the molecule is O=C(C=Cc1ccc(S(=O)(=O)N2CCOCC2)cc1)N1CCC(Cc2ccccc2)CC1. The van der Waals surface area contributed by atoms with Crippen molar-refractivity contribution in [3.63, 3.8) is 0 Å². The number of amides is 1. The molecule has 7 heteroatoms. The van der Waals surface area contributed by atoms with Crippen molar-refractivity contribution < 1.29 is 17.9 Å². The number of sulfonamides is 1. The lowest BCUT2D eigenvalue weighted by atomic mass is 9.90. The number of nitrogens with zero attached hydrogens (tertiary/aromatic N) is 2. The maximum absolute atomic E-state index is 12.7. The van der Waals surface area contributed by atoms with E-state index in [1.54, 1.807) is 36.4 Å². The number of carbonyl (C=O) groups is 1. The number of rotatable bonds is 6. The minimum Gasteiger partial charge on any atom is -0.379 e. The third kappa shape index (κ3) is 5.65. The van der Waals surface area contributed by atoms with Crippen LogP contribution in [0.5, 0.6) is 0 Å². The molecule has 0 atom stereocenters. The fourth-order valence-electron chi connectivity index (χ4n) is 4.26. The van der Waals surface area contributed by atoms with Crippen molar-refractivity contribution in [3.8, 4) is 0 Å². The summed E-state index contributed by atoms with van der Waals surface area (Å²) in [4.78, 5) is 14.8. The molecule has 0 N–H and O–H groups in total. The number of hydrogen-bond donors (Lipinski definition) is 0. The quantitative estimate of drug-likeness (QED) is 0.629. The molecule has 4 rings (SSSR count). The molecule has 2 saturated heterocycles. The molecule has 2 aromatic rings. The van der Waals surface area contributed by atoms with Crippen molar-refractivity contribution in [2.24, 2.45) is 5.92 Å². The zero-order valence-electron chi connectivity index (χ0n) is 18.2. The molecule has 0 aliphatic carbocycles. The predicted octanol–water partition coefficient (Wildman–Crippen LogP) is 3.20. The molecule has 2 aromatic carbocycles. The van der Waals surface area contributed by atoms with Gasteiger partial charge in [-0.3, -0.25) is 4.79 Å². The number of carbonyl (C=O) groups excluding carboxylic acids is 1. The van der Waals surface area contributed by atoms with Gasteiger partial charge in [-0.05, 0) is 54.5 Å². The Kier molecular flexibility index (Phi) is 7.40. The first-order valence-electron chi connectivity index (χ1n) is 11.2. The highest BCUT2D eigenvalue weighted by molar-refractivity contribution is 7.89. The van der Waals surface area contributed by atoms with Crippen molar-refractivity contribution in [3.05, 3.63) is 71.8 Å². The van der Waals surface area contributed by atoms with Gasteiger partial charge in [0.15, 0.2) is 0 Å². The van der Waals surface area contributed by atoms with Gasteiger partial charge in [0.25, 0.3) is 0 Å². The number of hydrogen-bond acceptors (Lipinski definition) is 4. The molecule has 0 radical (unpaired) electrons. The Hall–Kier alpha value is -2.48. The molecule has 0 spiro atoms. The van der Waals surface area contributed by atoms with Crippen molar-refractivity contribution >= 4 is 22.0 Å². The van der Waals surface area contributed by atoms with E-state index in [-0.39, 0.29) is 10.8 Å². The van der Waals surface area contributed by atoms with Gasteiger partial charge in [-0.25, -0.2) is 8.42 Å². The van der Waals surface area contributed by atoms with Crippen LogP contribution in [-0.2, 0) is 26.0 Å². The molecule has 2 fully saturated rings. The second-order valence-corrected chi connectivity index (χ2v) is 10.3. The Morgan fingerprint density at radius 3 is 2.25 bits per heavy atom. The van der Waals surface area contributed by atoms with Crippen LogP contribution in [0.4, 0.5) is 0 Å². The molecule has 0 unspecified atom stereocenters. The van der Waals surface area contributed by atoms with Crippen molar-refractivity contribution in [1.29, 1.82) is 0 Å². The van der Waals surface area contributed by atoms with Gasteiger partial charge < -0.3 is 9.64 Å². The molecule has 2 heterocycles. The van der Waals surface area contributed by atoms with Crippen LogP contribution in [0.15, 0.2) is 65.6 Å². The Morgan fingerprint density at radius 1 is 0.938 bits per heavy atom. The van der Waals surface area contributed by atoms with E-state index in [0.29, 0.717) is 32.2 Å². The summed E-state index contributed by atoms with van der Waals surface area (Å²) in [7, 11) is -3.50. The van der Waals surface area contributed by atoms with Crippen LogP contribution < -0.4 is 0 Å². The van der Waals surface area contributed by atoms with Gasteiger partial charge in [0, 0.05) is 32.3 Å². The molecule has 0 aromatic heterocycles. The molecule has 6 nitrogen and oxygen atoms in total. The van der Waals surface area contributed by atoms with E-state index in [2.05, 4.69) is 24.3 Å². The van der Waals surface area contributed by atoms with Crippen molar-refractivity contribution in [2.45, 2.75) is 24.2 Å². The molecule has 0 saturated carbocycles. The highest BCUT2D eigenvalue weighted by Gasteiger charge is 2.26. The third-order valence-corrected chi connectivity index (χ3v) is 8.11. The summed E-state index contributed by atoms with van der Waals surface area (Å²) < 4.78 is 32.1. The molecule has 0 bridgehead atoms. The van der Waals surface area contributed by atoms with Gasteiger partial charge in [-0.1, -0.05) is 42.5 Å². The largest absolute Gasteiger partial charge is 0.379 e. The summed E-state index contributed by atoms with van der Waals surface area (Å²) in [6.07, 6.45) is 6.44. The van der Waals surface area contributed by atoms with Gasteiger partial charge in [-0.15, -0.1) is 0 Å². The molecule has 2 aliphatic heterocycles. The standard InChI is InChI=1S/C25H30N2O4S/c28-25(26-14-12-23(13-15-26)20-22-4-2-1-3-5-22)11-8-21-6-9-24(10-7-21)32(29,30)27-16-18-31-19-17-27/h1-11,23H,12-20H2. The topological polar surface area (TPSA) is 66.9 Å². The minimum atomic E-state index is -3.50. The summed E-state index contributed by atoms with van der Waals surface area (Å²) in [5.74, 6) is 0.625. The van der Waals surface area contributed by atoms with Crippen LogP contribution in [-0.4, -0.2) is 62.9 Å². The van der Waals surface area contributed by atoms with Crippen LogP contribution >= 0.6 is 0 Å². The predicted molar refractivity (Wildman–Crippen MR) is 125 cm³/mol. The summed E-state index contributed by atoms with van der Waals surface area (Å²) in [6, 6.07) is 17.2. The number of piperidine rings is 1. The van der Waals surface area contributed by atoms with Crippen molar-refractivity contribution in [1.82, 2.24) is 9.21 Å². The second-order valence-electron chi connectivity index (χ2n) is 8.38. The fourth-order valence-corrected chi connectivity index (χ4v) is 5.67. The van der Waals surface area contributed by atoms with Crippen molar-refractivity contribution in [2.75, 3.05) is 39.4 Å². The van der Waals surface area contributed by atoms with Gasteiger partial charge in [0.2, 0.25) is 15.9 Å². The first kappa shape index (κ1) is 22.7. The maximum atomic E-state index is 12.7. The van der Waals surface area contributed by atoms with Gasteiger partial charge in [0.05, 0.1) is 18.1 Å². The monoisotopic (exact) mass is 454 g/mol. The van der Waals surface area contributed by atoms with Crippen LogP contribution in [0, 0.1) is 5.92 Å². The van der Waals surface area contributed by atoms with Crippen LogP contribution in [0.25, 0.3) is 6.08 Å². The summed E-state index contributed by atoms with van der Waals surface area (Å²) in [5.41, 5.74) is 2.16. The molecule has 1 amide bonds. The summed E-state index contributed by atoms with van der Waals surface area (Å²) in [6.45, 7) is 3.15. The molecule has 32 heavy (non-hydrogen) atoms. The average Bonchev–Trinajstić information content (AvgIpc) is 2.84. The summed E-state index contributed by atoms with van der Waals surface area (Å²) in [5, 5.41) is 0. The van der Waals surface area contributed by atoms with E-state index in [1.807, 2.05) is 11.0 Å². The van der Waals surface area contributed by atoms with E-state index in [4.69, 9.17) is 4.74 Å². The zero-order chi connectivity index (χ0) is 22.4. The Labute approximate surface area is 190 Å². The molecule has 2 aliphatic rings. The zero-order valence-corrected chi connectivity index (χ0v) is 19.0. The average molecular weight is 455 g/mol. The lowest BCUT2D eigenvalue weighted by Crippen LogP contribution is -2.40. The maximum Gasteiger partial charge on any atom is 0.246 e. The van der Waals surface area contributed by atoms with Crippen LogP contribution in [0.1, 0.15) is 24.0 Å². The van der Waals surface area contributed by atoms with Gasteiger partial charge in [-0.2, -0.15) is 4.31 Å².